The molecule has 59 heavy (non-hydrogen) atoms. The van der Waals surface area contributed by atoms with Gasteiger partial charge in [0.25, 0.3) is 0 Å². The van der Waals surface area contributed by atoms with Gasteiger partial charge < -0.3 is 40.2 Å². The number of aryl methyl sites for hydroxylation is 1. The van der Waals surface area contributed by atoms with E-state index in [-0.39, 0.29) is 35.7 Å². The Labute approximate surface area is 340 Å². The minimum atomic E-state index is -1.22. The summed E-state index contributed by atoms with van der Waals surface area (Å²) in [7, 11) is 1.29. The zero-order valence-corrected chi connectivity index (χ0v) is 34.1. The highest BCUT2D eigenvalue weighted by molar-refractivity contribution is 6.03. The van der Waals surface area contributed by atoms with Crippen LogP contribution in [0.2, 0.25) is 0 Å². The molecule has 16 nitrogen and oxygen atoms in total. The van der Waals surface area contributed by atoms with Crippen molar-refractivity contribution in [1.82, 2.24) is 49.8 Å². The van der Waals surface area contributed by atoms with E-state index in [1.807, 2.05) is 34.6 Å². The zero-order valence-electron chi connectivity index (χ0n) is 34.1. The molecule has 2 fully saturated rings. The molecule has 308 valence electrons. The van der Waals surface area contributed by atoms with Crippen LogP contribution in [0.3, 0.4) is 0 Å². The van der Waals surface area contributed by atoms with E-state index in [4.69, 9.17) is 19.7 Å². The van der Waals surface area contributed by atoms with Gasteiger partial charge in [0.1, 0.15) is 29.6 Å². The Morgan fingerprint density at radius 1 is 0.780 bits per heavy atom. The highest BCUT2D eigenvalue weighted by Crippen LogP contribution is 2.36. The summed E-state index contributed by atoms with van der Waals surface area (Å²) in [5.74, 6) is 1.51. The van der Waals surface area contributed by atoms with Crippen molar-refractivity contribution in [2.24, 2.45) is 11.8 Å². The van der Waals surface area contributed by atoms with Crippen molar-refractivity contribution in [1.29, 1.82) is 0 Å². The number of methoxy groups -OCH3 is 1. The Hall–Kier alpha value is -6.45. The number of amides is 4. The van der Waals surface area contributed by atoms with Crippen LogP contribution < -0.4 is 10.6 Å². The van der Waals surface area contributed by atoms with E-state index >= 15 is 0 Å². The van der Waals surface area contributed by atoms with Gasteiger partial charge in [-0.2, -0.15) is 0 Å². The fourth-order valence-corrected chi connectivity index (χ4v) is 8.80. The first-order chi connectivity index (χ1) is 28.3. The van der Waals surface area contributed by atoms with Gasteiger partial charge in [0.2, 0.25) is 11.8 Å². The number of imidazole rings is 2. The third-order valence-corrected chi connectivity index (χ3v) is 11.8. The van der Waals surface area contributed by atoms with Crippen molar-refractivity contribution in [3.8, 4) is 22.5 Å². The molecule has 0 bridgehead atoms. The highest BCUT2D eigenvalue weighted by Gasteiger charge is 2.39. The monoisotopic (exact) mass is 802 g/mol. The second-order valence-electron chi connectivity index (χ2n) is 16.3. The minimum absolute atomic E-state index is 0.122. The molecule has 6 aromatic rings. The molecular formula is C43H50N10O6. The van der Waals surface area contributed by atoms with Crippen LogP contribution in [0.5, 0.6) is 0 Å². The predicted molar refractivity (Wildman–Crippen MR) is 221 cm³/mol. The number of hydrogen-bond acceptors (Lipinski definition) is 8. The molecule has 0 saturated carbocycles. The molecule has 6 heterocycles. The van der Waals surface area contributed by atoms with Gasteiger partial charge in [-0.1, -0.05) is 45.9 Å². The number of aromatic amines is 2. The minimum Gasteiger partial charge on any atom is -0.465 e. The fraction of sp³-hybridized carbons (Fsp3) is 0.419. The summed E-state index contributed by atoms with van der Waals surface area (Å²) in [6.45, 7) is 10.6. The van der Waals surface area contributed by atoms with Crippen LogP contribution in [0.1, 0.15) is 82.9 Å². The number of H-pyrrole nitrogens is 2. The first-order valence-corrected chi connectivity index (χ1v) is 20.2. The third-order valence-electron chi connectivity index (χ3n) is 11.8. The number of alkyl carbamates (subject to hydrolysis) is 1. The molecule has 2 aliphatic heterocycles. The molecule has 0 unspecified atom stereocenters. The molecule has 2 aliphatic rings. The topological polar surface area (TPSA) is 203 Å². The van der Waals surface area contributed by atoms with Gasteiger partial charge >= 0.3 is 12.2 Å². The first-order valence-electron chi connectivity index (χ1n) is 20.2. The number of likely N-dealkylation sites (tertiary alicyclic amines) is 2. The van der Waals surface area contributed by atoms with Gasteiger partial charge in [0.15, 0.2) is 0 Å². The molecular weight excluding hydrogens is 753 g/mol. The maximum atomic E-state index is 13.7. The van der Waals surface area contributed by atoms with Crippen LogP contribution in [0, 0.1) is 18.8 Å². The molecule has 0 spiro atoms. The molecule has 4 atom stereocenters. The van der Waals surface area contributed by atoms with E-state index in [9.17, 15) is 24.3 Å². The number of nitrogens with one attached hydrogen (secondary N) is 4. The fourth-order valence-electron chi connectivity index (χ4n) is 8.80. The summed E-state index contributed by atoms with van der Waals surface area (Å²) < 4.78 is 6.94. The normalized spacial score (nSPS) is 18.0. The van der Waals surface area contributed by atoms with Gasteiger partial charge in [0, 0.05) is 35.0 Å². The van der Waals surface area contributed by atoms with Crippen LogP contribution in [-0.2, 0) is 14.3 Å². The summed E-state index contributed by atoms with van der Waals surface area (Å²) in [6, 6.07) is 12.6. The summed E-state index contributed by atoms with van der Waals surface area (Å²) in [5.41, 5.74) is 6.40. The number of aromatic nitrogens is 6. The van der Waals surface area contributed by atoms with Crippen molar-refractivity contribution in [3.05, 3.63) is 72.3 Å². The largest absolute Gasteiger partial charge is 0.465 e. The van der Waals surface area contributed by atoms with Crippen molar-refractivity contribution >= 4 is 51.3 Å². The maximum Gasteiger partial charge on any atom is 0.407 e. The number of carbonyl (C=O) groups is 4. The lowest BCUT2D eigenvalue weighted by Gasteiger charge is -2.30. The van der Waals surface area contributed by atoms with Gasteiger partial charge in [-0.3, -0.25) is 14.0 Å². The van der Waals surface area contributed by atoms with E-state index in [1.165, 1.54) is 7.11 Å². The molecule has 0 radical (unpaired) electrons. The average Bonchev–Trinajstić information content (AvgIpc) is 4.06. The lowest BCUT2D eigenvalue weighted by atomic mass is 10.0. The number of fused-ring (bicyclic) bond motifs is 5. The van der Waals surface area contributed by atoms with E-state index < -0.39 is 24.3 Å². The third kappa shape index (κ3) is 7.31. The first kappa shape index (κ1) is 39.4. The molecule has 8 rings (SSSR count). The zero-order chi connectivity index (χ0) is 41.7. The molecule has 2 saturated heterocycles. The van der Waals surface area contributed by atoms with Gasteiger partial charge in [-0.25, -0.2) is 24.5 Å². The van der Waals surface area contributed by atoms with Crippen LogP contribution in [0.4, 0.5) is 9.59 Å². The Morgan fingerprint density at radius 2 is 1.34 bits per heavy atom. The van der Waals surface area contributed by atoms with Crippen molar-refractivity contribution in [2.45, 2.75) is 84.5 Å². The Morgan fingerprint density at radius 3 is 1.90 bits per heavy atom. The van der Waals surface area contributed by atoms with Crippen molar-refractivity contribution < 1.29 is 29.0 Å². The SMILES string of the molecule is COC(=O)N[C@H](C(=O)N1CCC[C@H]1c1ncc(-c2ccc3c(c2)nc(C)n2c4ccc(-c5cnc([C@@H]6CCCN6C(=O)[C@@H](NC(=O)O)C(C)C)[nH]5)cc4cc32)[nH]1)C(C)C. The molecule has 2 aromatic carbocycles. The van der Waals surface area contributed by atoms with Gasteiger partial charge in [-0.05, 0) is 68.7 Å². The number of benzene rings is 2. The van der Waals surface area contributed by atoms with E-state index in [0.717, 1.165) is 81.3 Å². The number of carboxylic acid groups (broad SMARTS) is 1. The molecule has 4 aromatic heterocycles. The lowest BCUT2D eigenvalue weighted by molar-refractivity contribution is -0.136. The van der Waals surface area contributed by atoms with Crippen LogP contribution >= 0.6 is 0 Å². The second-order valence-corrected chi connectivity index (χ2v) is 16.3. The highest BCUT2D eigenvalue weighted by atomic mass is 16.5. The number of nitrogens with zero attached hydrogens (tertiary/aromatic N) is 6. The number of ether oxygens (including phenoxy) is 1. The van der Waals surface area contributed by atoms with E-state index in [2.05, 4.69) is 67.5 Å². The predicted octanol–water partition coefficient (Wildman–Crippen LogP) is 6.73. The van der Waals surface area contributed by atoms with Crippen LogP contribution in [-0.4, -0.2) is 101 Å². The quantitative estimate of drug-likeness (QED) is 0.0996. The lowest BCUT2D eigenvalue weighted by Crippen LogP contribution is -2.51. The Balaban J connectivity index is 1.04. The number of carbonyl (C=O) groups excluding carboxylic acids is 3. The summed E-state index contributed by atoms with van der Waals surface area (Å²) in [4.78, 5) is 75.5. The van der Waals surface area contributed by atoms with Crippen LogP contribution in [0.25, 0.3) is 49.8 Å². The smallest absolute Gasteiger partial charge is 0.407 e. The Bertz CT molecular complexity index is 2590. The van der Waals surface area contributed by atoms with Gasteiger partial charge in [-0.15, -0.1) is 0 Å². The average molecular weight is 803 g/mol. The summed E-state index contributed by atoms with van der Waals surface area (Å²) in [5, 5.41) is 16.5. The van der Waals surface area contributed by atoms with Crippen molar-refractivity contribution in [2.75, 3.05) is 20.2 Å². The van der Waals surface area contributed by atoms with Crippen molar-refractivity contribution in [3.63, 3.8) is 0 Å². The Kier molecular flexibility index (Phi) is 10.5. The van der Waals surface area contributed by atoms with E-state index in [0.29, 0.717) is 24.7 Å². The van der Waals surface area contributed by atoms with E-state index in [1.54, 1.807) is 22.2 Å². The molecule has 4 amide bonds. The maximum absolute atomic E-state index is 13.7. The van der Waals surface area contributed by atoms with Crippen LogP contribution in [0.15, 0.2) is 54.9 Å². The molecule has 5 N–H and O–H groups in total. The standard InChI is InChI=1S/C43H50N10O6/c1-22(2)36(49-42(56)57)40(54)51-15-7-9-33(51)38-44-20-30(47-38)25-12-14-32-27(17-25)19-35-28-13-11-26(18-29(28)46-24(5)53(32)35)31-21-45-39(48-31)34-10-8-16-52(34)41(55)37(23(3)4)50-43(58)59-6/h11-14,17-23,33-34,36-37,49H,7-10,15-16H2,1-6H3,(H,44,47)(H,45,48)(H,50,58)(H,56,57)/t33-,34-,36-,37-/m0/s1. The van der Waals surface area contributed by atoms with Gasteiger partial charge in [0.05, 0.1) is 59.5 Å². The number of rotatable bonds is 10. The summed E-state index contributed by atoms with van der Waals surface area (Å²) in [6.07, 6.45) is 4.87. The molecule has 16 heteroatoms. The molecule has 0 aliphatic carbocycles. The second kappa shape index (κ2) is 15.7. The number of hydrogen-bond donors (Lipinski definition) is 5. The summed E-state index contributed by atoms with van der Waals surface area (Å²) >= 11 is 0.